The Balaban J connectivity index is 1.70. The van der Waals surface area contributed by atoms with Crippen LogP contribution in [0, 0.1) is 0 Å². The first-order chi connectivity index (χ1) is 8.57. The van der Waals surface area contributed by atoms with Crippen molar-refractivity contribution in [2.24, 2.45) is 4.99 Å². The third kappa shape index (κ3) is 3.66. The number of aliphatic imine (C=N–C) groups is 1. The summed E-state index contributed by atoms with van der Waals surface area (Å²) >= 11 is 0. The highest BCUT2D eigenvalue weighted by Gasteiger charge is 2.35. The lowest BCUT2D eigenvalue weighted by Crippen LogP contribution is -2.40. The van der Waals surface area contributed by atoms with Gasteiger partial charge in [-0.3, -0.25) is 4.99 Å². The zero-order valence-electron chi connectivity index (χ0n) is 9.82. The third-order valence-corrected chi connectivity index (χ3v) is 4.47. The molecule has 0 spiro atoms. The molecule has 1 aliphatic rings. The molecule has 7 heteroatoms. The first kappa shape index (κ1) is 13.3. The topological polar surface area (TPSA) is 91.9 Å². The average molecular weight is 272 g/mol. The van der Waals surface area contributed by atoms with Crippen LogP contribution in [0.2, 0.25) is 0 Å². The molecule has 100 valence electrons. The van der Waals surface area contributed by atoms with Crippen molar-refractivity contribution in [1.29, 1.82) is 0 Å². The van der Waals surface area contributed by atoms with Crippen molar-refractivity contribution in [3.63, 3.8) is 0 Å². The summed E-state index contributed by atoms with van der Waals surface area (Å²) in [6.45, 7) is 1.06. The minimum atomic E-state index is -3.09. The number of sulfone groups is 1. The third-order valence-electron chi connectivity index (χ3n) is 2.75. The number of nitrogens with zero attached hydrogens (tertiary/aromatic N) is 1. The van der Waals surface area contributed by atoms with Gasteiger partial charge in [0.05, 0.1) is 36.7 Å². The second-order valence-electron chi connectivity index (χ2n) is 4.30. The van der Waals surface area contributed by atoms with Crippen molar-refractivity contribution >= 4 is 16.1 Å². The van der Waals surface area contributed by atoms with Crippen LogP contribution >= 0.6 is 0 Å². The van der Waals surface area contributed by atoms with Crippen LogP contribution in [0.15, 0.2) is 28.0 Å². The minimum absolute atomic E-state index is 0.000385. The Hall–Kier alpha value is -1.18. The quantitative estimate of drug-likeness (QED) is 0.554. The van der Waals surface area contributed by atoms with Gasteiger partial charge in [-0.05, 0) is 6.07 Å². The van der Waals surface area contributed by atoms with Crippen LogP contribution in [0.3, 0.4) is 0 Å². The maximum atomic E-state index is 11.3. The summed E-state index contributed by atoms with van der Waals surface area (Å²) in [7, 11) is -3.09. The van der Waals surface area contributed by atoms with E-state index in [9.17, 15) is 13.5 Å². The molecule has 1 saturated heterocycles. The molecule has 1 aliphatic heterocycles. The van der Waals surface area contributed by atoms with Crippen molar-refractivity contribution in [3.05, 3.63) is 24.2 Å². The molecule has 0 aromatic carbocycles. The standard InChI is InChI=1S/C11H16N2O4S/c14-11-8-18(15,16)7-10(11)13-3-2-12-5-9-1-4-17-6-9/h1,4-6,10-11,13-14H,2-3,7-8H2/t10-,11+/m0/s1. The summed E-state index contributed by atoms with van der Waals surface area (Å²) in [5.41, 5.74) is 0.887. The van der Waals surface area contributed by atoms with E-state index >= 15 is 0 Å². The van der Waals surface area contributed by atoms with Gasteiger partial charge in [0.25, 0.3) is 0 Å². The molecule has 0 radical (unpaired) electrons. The summed E-state index contributed by atoms with van der Waals surface area (Å²) in [4.78, 5) is 4.16. The number of nitrogens with one attached hydrogen (secondary N) is 1. The fraction of sp³-hybridized carbons (Fsp3) is 0.545. The second kappa shape index (κ2) is 5.64. The normalized spacial score (nSPS) is 26.9. The maximum absolute atomic E-state index is 11.3. The number of aliphatic hydroxyl groups is 1. The molecule has 0 amide bonds. The van der Waals surface area contributed by atoms with Gasteiger partial charge in [0, 0.05) is 24.4 Å². The summed E-state index contributed by atoms with van der Waals surface area (Å²) in [5, 5.41) is 12.5. The zero-order chi connectivity index (χ0) is 13.0. The molecule has 18 heavy (non-hydrogen) atoms. The Bertz CT molecular complexity index is 495. The van der Waals surface area contributed by atoms with E-state index in [1.165, 1.54) is 0 Å². The van der Waals surface area contributed by atoms with E-state index < -0.39 is 15.9 Å². The summed E-state index contributed by atoms with van der Waals surface area (Å²) in [6, 6.07) is 1.42. The highest BCUT2D eigenvalue weighted by molar-refractivity contribution is 7.91. The number of hydrogen-bond donors (Lipinski definition) is 2. The van der Waals surface area contributed by atoms with Crippen molar-refractivity contribution in [1.82, 2.24) is 5.32 Å². The monoisotopic (exact) mass is 272 g/mol. The minimum Gasteiger partial charge on any atom is -0.472 e. The number of hydrogen-bond acceptors (Lipinski definition) is 6. The van der Waals surface area contributed by atoms with E-state index in [0.717, 1.165) is 5.56 Å². The molecular formula is C11H16N2O4S. The summed E-state index contributed by atoms with van der Waals surface area (Å²) in [5.74, 6) is -0.150. The van der Waals surface area contributed by atoms with Gasteiger partial charge in [0.2, 0.25) is 0 Å². The van der Waals surface area contributed by atoms with E-state index in [-0.39, 0.29) is 17.5 Å². The molecule has 0 bridgehead atoms. The molecule has 1 fully saturated rings. The fourth-order valence-corrected chi connectivity index (χ4v) is 3.63. The van der Waals surface area contributed by atoms with Crippen molar-refractivity contribution < 1.29 is 17.9 Å². The first-order valence-electron chi connectivity index (χ1n) is 5.71. The fourth-order valence-electron chi connectivity index (χ4n) is 1.86. The summed E-state index contributed by atoms with van der Waals surface area (Å²) in [6.07, 6.45) is 4.03. The lowest BCUT2D eigenvalue weighted by atomic mass is 10.2. The SMILES string of the molecule is O=S1(=O)C[C@@H](O)[C@@H](NCCN=Cc2ccoc2)C1. The van der Waals surface area contributed by atoms with Gasteiger partial charge in [-0.1, -0.05) is 0 Å². The van der Waals surface area contributed by atoms with Crippen LogP contribution in [-0.4, -0.2) is 56.5 Å². The predicted octanol–water partition coefficient (Wildman–Crippen LogP) is -0.554. The molecular weight excluding hydrogens is 256 g/mol. The van der Waals surface area contributed by atoms with Crippen LogP contribution in [0.5, 0.6) is 0 Å². The van der Waals surface area contributed by atoms with Crippen molar-refractivity contribution in [3.8, 4) is 0 Å². The molecule has 6 nitrogen and oxygen atoms in total. The lowest BCUT2D eigenvalue weighted by Gasteiger charge is -2.13. The van der Waals surface area contributed by atoms with Gasteiger partial charge in [-0.15, -0.1) is 0 Å². The van der Waals surface area contributed by atoms with Gasteiger partial charge < -0.3 is 14.8 Å². The second-order valence-corrected chi connectivity index (χ2v) is 6.45. The lowest BCUT2D eigenvalue weighted by molar-refractivity contribution is 0.167. The van der Waals surface area contributed by atoms with E-state index in [4.69, 9.17) is 4.42 Å². The highest BCUT2D eigenvalue weighted by atomic mass is 32.2. The Morgan fingerprint density at radius 1 is 1.56 bits per heavy atom. The Morgan fingerprint density at radius 3 is 3.00 bits per heavy atom. The highest BCUT2D eigenvalue weighted by Crippen LogP contribution is 2.11. The van der Waals surface area contributed by atoms with Crippen LogP contribution < -0.4 is 5.32 Å². The number of aliphatic hydroxyl groups excluding tert-OH is 1. The largest absolute Gasteiger partial charge is 0.472 e. The summed E-state index contributed by atoms with van der Waals surface area (Å²) < 4.78 is 27.4. The van der Waals surface area contributed by atoms with Gasteiger partial charge in [-0.25, -0.2) is 8.42 Å². The van der Waals surface area contributed by atoms with Crippen molar-refractivity contribution in [2.45, 2.75) is 12.1 Å². The Morgan fingerprint density at radius 2 is 2.39 bits per heavy atom. The Kier molecular flexibility index (Phi) is 4.15. The van der Waals surface area contributed by atoms with Crippen LogP contribution in [-0.2, 0) is 9.84 Å². The van der Waals surface area contributed by atoms with E-state index in [1.54, 1.807) is 24.8 Å². The van der Waals surface area contributed by atoms with E-state index in [0.29, 0.717) is 13.1 Å². The predicted molar refractivity (Wildman–Crippen MR) is 67.6 cm³/mol. The molecule has 1 aromatic rings. The molecule has 2 atom stereocenters. The first-order valence-corrected chi connectivity index (χ1v) is 7.53. The van der Waals surface area contributed by atoms with Crippen molar-refractivity contribution in [2.75, 3.05) is 24.6 Å². The molecule has 0 unspecified atom stereocenters. The zero-order valence-corrected chi connectivity index (χ0v) is 10.6. The van der Waals surface area contributed by atoms with Crippen LogP contribution in [0.25, 0.3) is 0 Å². The molecule has 2 heterocycles. The molecule has 0 saturated carbocycles. The molecule has 2 rings (SSSR count). The number of rotatable bonds is 5. The molecule has 1 aromatic heterocycles. The van der Waals surface area contributed by atoms with Crippen LogP contribution in [0.4, 0.5) is 0 Å². The average Bonchev–Trinajstić information content (AvgIpc) is 2.86. The maximum Gasteiger partial charge on any atom is 0.154 e. The number of furan rings is 1. The van der Waals surface area contributed by atoms with Gasteiger partial charge in [-0.2, -0.15) is 0 Å². The molecule has 0 aliphatic carbocycles. The van der Waals surface area contributed by atoms with E-state index in [1.807, 2.05) is 0 Å². The Labute approximate surface area is 106 Å². The van der Waals surface area contributed by atoms with Crippen LogP contribution in [0.1, 0.15) is 5.56 Å². The smallest absolute Gasteiger partial charge is 0.154 e. The van der Waals surface area contributed by atoms with Gasteiger partial charge >= 0.3 is 0 Å². The van der Waals surface area contributed by atoms with Gasteiger partial charge in [0.1, 0.15) is 0 Å². The van der Waals surface area contributed by atoms with Gasteiger partial charge in [0.15, 0.2) is 9.84 Å². The molecule has 2 N–H and O–H groups in total. The van der Waals surface area contributed by atoms with E-state index in [2.05, 4.69) is 10.3 Å².